The quantitative estimate of drug-likeness (QED) is 0.308. The number of carboxylic acid groups (broad SMARTS) is 1. The Morgan fingerprint density at radius 2 is 2.00 bits per heavy atom. The number of hydrogen-bond acceptors (Lipinski definition) is 4. The van der Waals surface area contributed by atoms with Crippen molar-refractivity contribution in [1.29, 1.82) is 0 Å². The molecule has 0 bridgehead atoms. The van der Waals surface area contributed by atoms with Crippen LogP contribution in [-0.4, -0.2) is 32.4 Å². The summed E-state index contributed by atoms with van der Waals surface area (Å²) in [6.45, 7) is 0.259. The average molecular weight is 505 g/mol. The molecule has 5 aromatic rings. The predicted molar refractivity (Wildman–Crippen MR) is 127 cm³/mol. The zero-order chi connectivity index (χ0) is 25.7. The Morgan fingerprint density at radius 3 is 2.84 bits per heavy atom. The van der Waals surface area contributed by atoms with Crippen molar-refractivity contribution >= 4 is 16.9 Å². The van der Waals surface area contributed by atoms with Gasteiger partial charge in [-0.3, -0.25) is 4.79 Å². The lowest BCUT2D eigenvalue weighted by molar-refractivity contribution is -0.136. The number of nitrogens with one attached hydrogen (secondary N) is 1. The third-order valence-electron chi connectivity index (χ3n) is 6.29. The van der Waals surface area contributed by atoms with E-state index in [9.17, 15) is 18.0 Å². The second kappa shape index (κ2) is 8.74. The van der Waals surface area contributed by atoms with E-state index in [0.717, 1.165) is 17.7 Å². The summed E-state index contributed by atoms with van der Waals surface area (Å²) in [6, 6.07) is 13.3. The molecule has 0 amide bonds. The molecule has 1 aliphatic heterocycles. The molecule has 6 rings (SSSR count). The highest BCUT2D eigenvalue weighted by Crippen LogP contribution is 2.40. The van der Waals surface area contributed by atoms with Crippen LogP contribution in [0, 0.1) is 17.5 Å². The minimum absolute atomic E-state index is 0.0195. The van der Waals surface area contributed by atoms with Crippen LogP contribution in [0.2, 0.25) is 0 Å². The lowest BCUT2D eigenvalue weighted by atomic mass is 9.95. The van der Waals surface area contributed by atoms with Crippen LogP contribution in [0.25, 0.3) is 16.6 Å². The molecule has 0 spiro atoms. The highest BCUT2D eigenvalue weighted by molar-refractivity contribution is 5.82. The Labute approximate surface area is 207 Å². The third kappa shape index (κ3) is 3.96. The van der Waals surface area contributed by atoms with Crippen molar-refractivity contribution in [1.82, 2.24) is 14.8 Å². The van der Waals surface area contributed by atoms with Crippen molar-refractivity contribution < 1.29 is 32.5 Å². The number of fused-ring (bicyclic) bond motifs is 2. The summed E-state index contributed by atoms with van der Waals surface area (Å²) < 4.78 is 56.7. The first-order chi connectivity index (χ1) is 17.9. The van der Waals surface area contributed by atoms with Gasteiger partial charge in [0.2, 0.25) is 0 Å². The Hall–Kier alpha value is -4.73. The maximum absolute atomic E-state index is 14.8. The molecule has 37 heavy (non-hydrogen) atoms. The number of hydrogen-bond donors (Lipinski definition) is 2. The molecule has 0 radical (unpaired) electrons. The molecule has 2 aromatic heterocycles. The number of rotatable bonds is 6. The van der Waals surface area contributed by atoms with Gasteiger partial charge >= 0.3 is 5.97 Å². The van der Waals surface area contributed by atoms with Crippen LogP contribution in [-0.2, 0) is 11.2 Å². The molecule has 0 aliphatic carbocycles. The molecule has 1 atom stereocenters. The van der Waals surface area contributed by atoms with Crippen LogP contribution in [0.3, 0.4) is 0 Å². The highest BCUT2D eigenvalue weighted by atomic mass is 19.1. The summed E-state index contributed by atoms with van der Waals surface area (Å²) in [5.74, 6) is -3.67. The van der Waals surface area contributed by atoms with Crippen molar-refractivity contribution in [3.8, 4) is 22.9 Å². The van der Waals surface area contributed by atoms with Crippen LogP contribution in [0.5, 0.6) is 17.2 Å². The maximum Gasteiger partial charge on any atom is 0.307 e. The van der Waals surface area contributed by atoms with E-state index in [0.29, 0.717) is 22.5 Å². The molecule has 1 aliphatic rings. The van der Waals surface area contributed by atoms with Crippen LogP contribution in [0.15, 0.2) is 67.0 Å². The second-order valence-electron chi connectivity index (χ2n) is 8.61. The van der Waals surface area contributed by atoms with Crippen molar-refractivity contribution in [2.24, 2.45) is 0 Å². The first-order valence-electron chi connectivity index (χ1n) is 11.3. The van der Waals surface area contributed by atoms with Gasteiger partial charge in [0.05, 0.1) is 23.5 Å². The number of nitrogens with zero attached hydrogens (tertiary/aromatic N) is 2. The molecule has 0 saturated carbocycles. The van der Waals surface area contributed by atoms with Crippen LogP contribution < -0.4 is 9.47 Å². The minimum atomic E-state index is -0.963. The normalized spacial score (nSPS) is 14.5. The smallest absolute Gasteiger partial charge is 0.307 e. The summed E-state index contributed by atoms with van der Waals surface area (Å²) in [5, 5.41) is 13.8. The molecule has 0 saturated heterocycles. The number of aromatic amines is 1. The van der Waals surface area contributed by atoms with Crippen molar-refractivity contribution in [3.05, 3.63) is 101 Å². The van der Waals surface area contributed by atoms with Gasteiger partial charge in [0.25, 0.3) is 0 Å². The SMILES string of the molecule is O=C(O)Cc1cccc2c1OCC2c1ccn(-c2cc(Oc3c(F)cc4[nH]ccc4c3F)ccc2F)n1. The molecule has 3 heterocycles. The molecular formula is C27H18F3N3O4. The molecule has 7 nitrogen and oxygen atoms in total. The molecule has 186 valence electrons. The van der Waals surface area contributed by atoms with Crippen LogP contribution in [0.1, 0.15) is 22.7 Å². The number of aliphatic carboxylic acids is 1. The van der Waals surface area contributed by atoms with Gasteiger partial charge in [0, 0.05) is 41.0 Å². The van der Waals surface area contributed by atoms with Gasteiger partial charge in [-0.25, -0.2) is 17.9 Å². The number of para-hydroxylation sites is 1. The number of carbonyl (C=O) groups is 1. The van der Waals surface area contributed by atoms with E-state index in [4.69, 9.17) is 14.6 Å². The molecule has 2 N–H and O–H groups in total. The number of carboxylic acids is 1. The Balaban J connectivity index is 1.31. The van der Waals surface area contributed by atoms with E-state index in [1.807, 2.05) is 6.07 Å². The fourth-order valence-electron chi connectivity index (χ4n) is 4.57. The standard InChI is InChI=1S/C27H18F3N3O4/c28-19-5-4-15(37-27-20(29)12-22-17(25(27)30)6-8-31-22)11-23(19)33-9-7-21(32-33)18-13-36-26-14(10-24(34)35)2-1-3-16(18)26/h1-9,11-12,18,31H,10,13H2,(H,34,35). The number of ether oxygens (including phenoxy) is 2. The van der Waals surface area contributed by atoms with Crippen LogP contribution in [0.4, 0.5) is 13.2 Å². The first-order valence-corrected chi connectivity index (χ1v) is 11.3. The van der Waals surface area contributed by atoms with Gasteiger partial charge < -0.3 is 19.6 Å². The number of aromatic nitrogens is 3. The first kappa shape index (κ1) is 22.7. The van der Waals surface area contributed by atoms with Gasteiger partial charge in [0.15, 0.2) is 17.4 Å². The number of H-pyrrole nitrogens is 1. The maximum atomic E-state index is 14.8. The van der Waals surface area contributed by atoms with Crippen molar-refractivity contribution in [3.63, 3.8) is 0 Å². The fourth-order valence-corrected chi connectivity index (χ4v) is 4.57. The van der Waals surface area contributed by atoms with E-state index in [1.165, 1.54) is 29.1 Å². The van der Waals surface area contributed by atoms with Gasteiger partial charge in [-0.15, -0.1) is 0 Å². The molecular weight excluding hydrogens is 487 g/mol. The van der Waals surface area contributed by atoms with Crippen LogP contribution >= 0.6 is 0 Å². The third-order valence-corrected chi connectivity index (χ3v) is 6.29. The largest absolute Gasteiger partial charge is 0.492 e. The van der Waals surface area contributed by atoms with Gasteiger partial charge in [-0.1, -0.05) is 18.2 Å². The Kier molecular flexibility index (Phi) is 5.36. The van der Waals surface area contributed by atoms with E-state index >= 15 is 0 Å². The summed E-state index contributed by atoms with van der Waals surface area (Å²) in [6.07, 6.45) is 2.88. The second-order valence-corrected chi connectivity index (χ2v) is 8.61. The molecule has 1 unspecified atom stereocenters. The summed E-state index contributed by atoms with van der Waals surface area (Å²) in [7, 11) is 0. The van der Waals surface area contributed by atoms with Crippen molar-refractivity contribution in [2.45, 2.75) is 12.3 Å². The van der Waals surface area contributed by atoms with E-state index in [1.54, 1.807) is 24.4 Å². The minimum Gasteiger partial charge on any atom is -0.492 e. The highest BCUT2D eigenvalue weighted by Gasteiger charge is 2.30. The van der Waals surface area contributed by atoms with E-state index in [2.05, 4.69) is 10.1 Å². The Bertz CT molecular complexity index is 1680. The zero-order valence-electron chi connectivity index (χ0n) is 19.0. The monoisotopic (exact) mass is 505 g/mol. The van der Waals surface area contributed by atoms with E-state index < -0.39 is 29.2 Å². The van der Waals surface area contributed by atoms with Gasteiger partial charge in [-0.2, -0.15) is 5.10 Å². The lowest BCUT2D eigenvalue weighted by Crippen LogP contribution is -2.06. The molecule has 10 heteroatoms. The Morgan fingerprint density at radius 1 is 1.14 bits per heavy atom. The fraction of sp³-hybridized carbons (Fsp3) is 0.111. The average Bonchev–Trinajstić information content (AvgIpc) is 3.62. The molecule has 0 fully saturated rings. The number of halogens is 3. The number of benzene rings is 3. The summed E-state index contributed by atoms with van der Waals surface area (Å²) >= 11 is 0. The van der Waals surface area contributed by atoms with Gasteiger partial charge in [-0.05, 0) is 24.3 Å². The zero-order valence-corrected chi connectivity index (χ0v) is 19.0. The lowest BCUT2D eigenvalue weighted by Gasteiger charge is -2.11. The van der Waals surface area contributed by atoms with Gasteiger partial charge in [0.1, 0.15) is 29.6 Å². The molecule has 3 aromatic carbocycles. The topological polar surface area (TPSA) is 89.4 Å². The summed E-state index contributed by atoms with van der Waals surface area (Å²) in [5.41, 5.74) is 2.27. The van der Waals surface area contributed by atoms with E-state index in [-0.39, 0.29) is 35.8 Å². The van der Waals surface area contributed by atoms with Crippen molar-refractivity contribution in [2.75, 3.05) is 6.61 Å². The predicted octanol–water partition coefficient (Wildman–Crippen LogP) is 5.71. The summed E-state index contributed by atoms with van der Waals surface area (Å²) in [4.78, 5) is 13.9.